The molecule has 156 valence electrons. The van der Waals surface area contributed by atoms with E-state index in [9.17, 15) is 9.59 Å². The number of ether oxygens (including phenoxy) is 1. The summed E-state index contributed by atoms with van der Waals surface area (Å²) in [4.78, 5) is 28.2. The summed E-state index contributed by atoms with van der Waals surface area (Å²) in [5.74, 6) is -0.161. The average Bonchev–Trinajstić information content (AvgIpc) is 3.01. The van der Waals surface area contributed by atoms with Crippen molar-refractivity contribution in [2.75, 3.05) is 17.3 Å². The molecule has 1 aliphatic rings. The minimum Gasteiger partial charge on any atom is -0.495 e. The Morgan fingerprint density at radius 2 is 1.52 bits per heavy atom. The van der Waals surface area contributed by atoms with Crippen LogP contribution in [0, 0.1) is 20.8 Å². The number of anilines is 2. The predicted molar refractivity (Wildman–Crippen MR) is 123 cm³/mol. The van der Waals surface area contributed by atoms with Gasteiger partial charge in [-0.1, -0.05) is 48.0 Å². The van der Waals surface area contributed by atoms with Crippen molar-refractivity contribution in [3.05, 3.63) is 94.7 Å². The quantitative estimate of drug-likeness (QED) is 0.598. The van der Waals surface area contributed by atoms with Gasteiger partial charge in [0.2, 0.25) is 0 Å². The summed E-state index contributed by atoms with van der Waals surface area (Å²) < 4.78 is 5.42. The van der Waals surface area contributed by atoms with Gasteiger partial charge in [-0.25, -0.2) is 4.90 Å². The second kappa shape index (κ2) is 8.11. The lowest BCUT2D eigenvalue weighted by Gasteiger charge is -2.16. The van der Waals surface area contributed by atoms with E-state index in [1.165, 1.54) is 4.90 Å². The summed E-state index contributed by atoms with van der Waals surface area (Å²) in [5, 5.41) is 3.18. The number of hydrogen-bond donors (Lipinski definition) is 1. The molecule has 0 saturated carbocycles. The molecule has 0 radical (unpaired) electrons. The number of hydrogen-bond acceptors (Lipinski definition) is 4. The molecular formula is C26H24N2O3. The molecule has 5 nitrogen and oxygen atoms in total. The van der Waals surface area contributed by atoms with Crippen molar-refractivity contribution in [1.82, 2.24) is 0 Å². The summed E-state index contributed by atoms with van der Waals surface area (Å²) in [6, 6.07) is 20.4. The number of nitrogens with zero attached hydrogens (tertiary/aromatic N) is 1. The van der Waals surface area contributed by atoms with Crippen molar-refractivity contribution in [3.8, 4) is 5.75 Å². The number of amides is 2. The zero-order chi connectivity index (χ0) is 22.1. The number of para-hydroxylation sites is 2. The van der Waals surface area contributed by atoms with Gasteiger partial charge in [-0.3, -0.25) is 9.59 Å². The zero-order valence-corrected chi connectivity index (χ0v) is 18.0. The first-order valence-electron chi connectivity index (χ1n) is 10.1. The lowest BCUT2D eigenvalue weighted by Crippen LogP contribution is -2.32. The van der Waals surface area contributed by atoms with Gasteiger partial charge in [0.1, 0.15) is 11.4 Å². The van der Waals surface area contributed by atoms with E-state index < -0.39 is 5.91 Å². The van der Waals surface area contributed by atoms with Crippen LogP contribution >= 0.6 is 0 Å². The predicted octanol–water partition coefficient (Wildman–Crippen LogP) is 5.02. The molecule has 0 bridgehead atoms. The van der Waals surface area contributed by atoms with Crippen LogP contribution in [-0.2, 0) is 9.59 Å². The molecular weight excluding hydrogens is 388 g/mol. The second-order valence-corrected chi connectivity index (χ2v) is 7.66. The molecule has 0 fully saturated rings. The fourth-order valence-electron chi connectivity index (χ4n) is 3.62. The van der Waals surface area contributed by atoms with E-state index in [1.54, 1.807) is 25.3 Å². The lowest BCUT2D eigenvalue weighted by atomic mass is 9.99. The molecule has 4 rings (SSSR count). The minimum absolute atomic E-state index is 0.235. The van der Waals surface area contributed by atoms with E-state index in [-0.39, 0.29) is 11.6 Å². The number of methoxy groups -OCH3 is 1. The lowest BCUT2D eigenvalue weighted by molar-refractivity contribution is -0.120. The SMILES string of the molecule is COc1ccccc1NC1=C(c2ccc(C)c(C)c2)C(=O)N(c2ccc(C)cc2)C1=O. The summed E-state index contributed by atoms with van der Waals surface area (Å²) in [7, 11) is 1.57. The Morgan fingerprint density at radius 3 is 2.19 bits per heavy atom. The van der Waals surface area contributed by atoms with Crippen molar-refractivity contribution in [3.63, 3.8) is 0 Å². The van der Waals surface area contributed by atoms with E-state index in [1.807, 2.05) is 69.3 Å². The summed E-state index contributed by atoms with van der Waals surface area (Å²) >= 11 is 0. The van der Waals surface area contributed by atoms with Crippen LogP contribution in [0.5, 0.6) is 5.75 Å². The number of carbonyl (C=O) groups is 2. The number of aryl methyl sites for hydroxylation is 3. The summed E-state index contributed by atoms with van der Waals surface area (Å²) in [6.07, 6.45) is 0. The van der Waals surface area contributed by atoms with Crippen LogP contribution in [0.25, 0.3) is 5.57 Å². The molecule has 0 aromatic heterocycles. The van der Waals surface area contributed by atoms with E-state index in [4.69, 9.17) is 4.74 Å². The van der Waals surface area contributed by atoms with Gasteiger partial charge in [-0.05, 0) is 61.7 Å². The molecule has 3 aromatic carbocycles. The Morgan fingerprint density at radius 1 is 0.806 bits per heavy atom. The third-order valence-corrected chi connectivity index (χ3v) is 5.54. The van der Waals surface area contributed by atoms with Crippen molar-refractivity contribution < 1.29 is 14.3 Å². The average molecular weight is 412 g/mol. The third-order valence-electron chi connectivity index (χ3n) is 5.54. The monoisotopic (exact) mass is 412 g/mol. The van der Waals surface area contributed by atoms with Gasteiger partial charge in [-0.15, -0.1) is 0 Å². The van der Waals surface area contributed by atoms with Gasteiger partial charge in [0.15, 0.2) is 0 Å². The molecule has 3 aromatic rings. The Kier molecular flexibility index (Phi) is 5.34. The standard InChI is InChI=1S/C26H24N2O3/c1-16-9-13-20(14-10-16)28-25(29)23(19-12-11-17(2)18(3)15-19)24(26(28)30)27-21-7-5-6-8-22(21)31-4/h5-15,27H,1-4H3. The number of rotatable bonds is 5. The van der Waals surface area contributed by atoms with Gasteiger partial charge in [0.05, 0.1) is 24.1 Å². The molecule has 1 heterocycles. The molecule has 1 aliphatic heterocycles. The maximum absolute atomic E-state index is 13.5. The van der Waals surface area contributed by atoms with Crippen LogP contribution < -0.4 is 15.0 Å². The maximum atomic E-state index is 13.5. The largest absolute Gasteiger partial charge is 0.495 e. The number of nitrogens with one attached hydrogen (secondary N) is 1. The van der Waals surface area contributed by atoms with Crippen LogP contribution in [0.2, 0.25) is 0 Å². The van der Waals surface area contributed by atoms with Gasteiger partial charge in [-0.2, -0.15) is 0 Å². The Bertz CT molecular complexity index is 1210. The Balaban J connectivity index is 1.86. The van der Waals surface area contributed by atoms with Crippen LogP contribution in [0.4, 0.5) is 11.4 Å². The zero-order valence-electron chi connectivity index (χ0n) is 18.0. The molecule has 5 heteroatoms. The van der Waals surface area contributed by atoms with Crippen molar-refractivity contribution in [1.29, 1.82) is 0 Å². The van der Waals surface area contributed by atoms with Gasteiger partial charge in [0.25, 0.3) is 11.8 Å². The van der Waals surface area contributed by atoms with Crippen LogP contribution in [0.3, 0.4) is 0 Å². The van der Waals surface area contributed by atoms with E-state index in [0.717, 1.165) is 16.7 Å². The summed E-state index contributed by atoms with van der Waals surface area (Å²) in [5.41, 5.74) is 5.67. The highest BCUT2D eigenvalue weighted by atomic mass is 16.5. The first kappa shape index (κ1) is 20.4. The molecule has 0 spiro atoms. The fraction of sp³-hybridized carbons (Fsp3) is 0.154. The second-order valence-electron chi connectivity index (χ2n) is 7.66. The molecule has 0 atom stereocenters. The van der Waals surface area contributed by atoms with Crippen LogP contribution in [0.15, 0.2) is 72.4 Å². The fourth-order valence-corrected chi connectivity index (χ4v) is 3.62. The van der Waals surface area contributed by atoms with Crippen molar-refractivity contribution >= 4 is 28.8 Å². The Labute approximate surface area is 182 Å². The smallest absolute Gasteiger partial charge is 0.282 e. The van der Waals surface area contributed by atoms with E-state index >= 15 is 0 Å². The third kappa shape index (κ3) is 3.70. The van der Waals surface area contributed by atoms with Gasteiger partial charge >= 0.3 is 0 Å². The normalized spacial score (nSPS) is 13.7. The minimum atomic E-state index is -0.395. The molecule has 1 N–H and O–H groups in total. The highest BCUT2D eigenvalue weighted by Crippen LogP contribution is 2.36. The van der Waals surface area contributed by atoms with Gasteiger partial charge < -0.3 is 10.1 Å². The molecule has 0 unspecified atom stereocenters. The highest BCUT2D eigenvalue weighted by molar-refractivity contribution is 6.46. The van der Waals surface area contributed by atoms with Crippen LogP contribution in [0.1, 0.15) is 22.3 Å². The Hall–Kier alpha value is -3.86. The number of carbonyl (C=O) groups excluding carboxylic acids is 2. The van der Waals surface area contributed by atoms with E-state index in [0.29, 0.717) is 28.3 Å². The van der Waals surface area contributed by atoms with Gasteiger partial charge in [0, 0.05) is 0 Å². The maximum Gasteiger partial charge on any atom is 0.282 e. The topological polar surface area (TPSA) is 58.6 Å². The molecule has 31 heavy (non-hydrogen) atoms. The van der Waals surface area contributed by atoms with E-state index in [2.05, 4.69) is 5.32 Å². The van der Waals surface area contributed by atoms with Crippen LogP contribution in [-0.4, -0.2) is 18.9 Å². The molecule has 2 amide bonds. The summed E-state index contributed by atoms with van der Waals surface area (Å²) in [6.45, 7) is 5.97. The highest BCUT2D eigenvalue weighted by Gasteiger charge is 2.40. The first-order chi connectivity index (χ1) is 14.9. The molecule has 0 saturated heterocycles. The van der Waals surface area contributed by atoms with Crippen molar-refractivity contribution in [2.24, 2.45) is 0 Å². The molecule has 0 aliphatic carbocycles. The number of benzene rings is 3. The number of imide groups is 1. The first-order valence-corrected chi connectivity index (χ1v) is 10.1. The van der Waals surface area contributed by atoms with Crippen molar-refractivity contribution in [2.45, 2.75) is 20.8 Å².